The minimum absolute atomic E-state index is 0. The molecule has 0 saturated carbocycles. The lowest BCUT2D eigenvalue weighted by Crippen LogP contribution is -2.15. The molecular formula is C21H28F3NOS. The van der Waals surface area contributed by atoms with Gasteiger partial charge in [-0.1, -0.05) is 74.9 Å². The van der Waals surface area contributed by atoms with Crippen molar-refractivity contribution in [3.63, 3.8) is 0 Å². The van der Waals surface area contributed by atoms with Gasteiger partial charge in [0.15, 0.2) is 5.69 Å². The van der Waals surface area contributed by atoms with Crippen LogP contribution in [0.5, 0.6) is 0 Å². The number of halogens is 3. The Labute approximate surface area is 166 Å². The molecule has 0 saturated heterocycles. The first kappa shape index (κ1) is 23.5. The molecule has 1 N–H and O–H groups in total. The molecule has 0 radical (unpaired) electrons. The van der Waals surface area contributed by atoms with Crippen molar-refractivity contribution in [1.29, 1.82) is 0 Å². The SMILES string of the molecule is CCCCCCC[C@@H](O)c1ccc(-c2ccc(C)cc2)nc1C(F)(F)F.S. The summed E-state index contributed by atoms with van der Waals surface area (Å²) in [5.41, 5.74) is 0.790. The van der Waals surface area contributed by atoms with Crippen LogP contribution in [0.2, 0.25) is 0 Å². The summed E-state index contributed by atoms with van der Waals surface area (Å²) in [5, 5.41) is 10.3. The minimum Gasteiger partial charge on any atom is -0.388 e. The van der Waals surface area contributed by atoms with E-state index < -0.39 is 18.0 Å². The van der Waals surface area contributed by atoms with Gasteiger partial charge in [0.05, 0.1) is 11.8 Å². The van der Waals surface area contributed by atoms with E-state index in [-0.39, 0.29) is 24.8 Å². The monoisotopic (exact) mass is 399 g/mol. The third kappa shape index (κ3) is 6.85. The molecule has 2 nitrogen and oxygen atoms in total. The van der Waals surface area contributed by atoms with E-state index in [9.17, 15) is 18.3 Å². The molecule has 0 fully saturated rings. The summed E-state index contributed by atoms with van der Waals surface area (Å²) in [6.07, 6.45) is -0.550. The lowest BCUT2D eigenvalue weighted by Gasteiger charge is -2.18. The summed E-state index contributed by atoms with van der Waals surface area (Å²) >= 11 is 0. The van der Waals surface area contributed by atoms with Crippen molar-refractivity contribution in [2.24, 2.45) is 0 Å². The number of aliphatic hydroxyl groups excluding tert-OH is 1. The standard InChI is InChI=1S/C21H26F3NO.H2S/c1-3-4-5-6-7-8-19(26)17-13-14-18(25-20(17)21(22,23)24)16-11-9-15(2)10-12-16;/h9-14,19,26H,3-8H2,1-2H3;1H2/t19-;/m1./s1. The Kier molecular flexibility index (Phi) is 9.33. The quantitative estimate of drug-likeness (QED) is 0.508. The van der Waals surface area contributed by atoms with E-state index in [0.29, 0.717) is 18.4 Å². The topological polar surface area (TPSA) is 33.1 Å². The fourth-order valence-electron chi connectivity index (χ4n) is 2.95. The molecule has 1 aromatic carbocycles. The molecule has 2 rings (SSSR count). The minimum atomic E-state index is -4.60. The normalized spacial score (nSPS) is 12.5. The summed E-state index contributed by atoms with van der Waals surface area (Å²) in [4.78, 5) is 3.84. The number of nitrogens with zero attached hydrogens (tertiary/aromatic N) is 1. The van der Waals surface area contributed by atoms with E-state index in [4.69, 9.17) is 0 Å². The van der Waals surface area contributed by atoms with Crippen molar-refractivity contribution >= 4 is 13.5 Å². The number of pyridine rings is 1. The Morgan fingerprint density at radius 2 is 1.59 bits per heavy atom. The van der Waals surface area contributed by atoms with Crippen LogP contribution in [0.25, 0.3) is 11.3 Å². The predicted octanol–water partition coefficient (Wildman–Crippen LogP) is 6.58. The van der Waals surface area contributed by atoms with Gasteiger partial charge in [0.25, 0.3) is 0 Å². The van der Waals surface area contributed by atoms with Crippen molar-refractivity contribution in [3.05, 3.63) is 53.2 Å². The van der Waals surface area contributed by atoms with E-state index in [0.717, 1.165) is 31.2 Å². The highest BCUT2D eigenvalue weighted by atomic mass is 32.1. The van der Waals surface area contributed by atoms with E-state index in [2.05, 4.69) is 11.9 Å². The first-order valence-electron chi connectivity index (χ1n) is 9.16. The van der Waals surface area contributed by atoms with Gasteiger partial charge in [-0.05, 0) is 19.4 Å². The third-order valence-corrected chi connectivity index (χ3v) is 4.48. The number of hydrogen-bond donors (Lipinski definition) is 1. The lowest BCUT2D eigenvalue weighted by atomic mass is 9.99. The van der Waals surface area contributed by atoms with Crippen LogP contribution in [-0.4, -0.2) is 10.1 Å². The van der Waals surface area contributed by atoms with Gasteiger partial charge in [-0.3, -0.25) is 0 Å². The maximum absolute atomic E-state index is 13.5. The Bertz CT molecular complexity index is 702. The van der Waals surface area contributed by atoms with Crippen LogP contribution in [-0.2, 0) is 6.18 Å². The van der Waals surface area contributed by atoms with Gasteiger partial charge in [0.2, 0.25) is 0 Å². The molecule has 0 unspecified atom stereocenters. The fourth-order valence-corrected chi connectivity index (χ4v) is 2.95. The Hall–Kier alpha value is -1.53. The van der Waals surface area contributed by atoms with Gasteiger partial charge in [-0.2, -0.15) is 26.7 Å². The highest BCUT2D eigenvalue weighted by molar-refractivity contribution is 7.59. The highest BCUT2D eigenvalue weighted by Gasteiger charge is 2.37. The van der Waals surface area contributed by atoms with E-state index >= 15 is 0 Å². The first-order chi connectivity index (χ1) is 12.3. The second-order valence-corrected chi connectivity index (χ2v) is 6.72. The van der Waals surface area contributed by atoms with Gasteiger partial charge in [-0.15, -0.1) is 0 Å². The van der Waals surface area contributed by atoms with Crippen molar-refractivity contribution < 1.29 is 18.3 Å². The molecule has 150 valence electrons. The van der Waals surface area contributed by atoms with Gasteiger partial charge < -0.3 is 5.11 Å². The number of hydrogen-bond acceptors (Lipinski definition) is 2. The number of aliphatic hydroxyl groups is 1. The summed E-state index contributed by atoms with van der Waals surface area (Å²) in [6.45, 7) is 4.02. The van der Waals surface area contributed by atoms with Crippen LogP contribution in [0.1, 0.15) is 68.4 Å². The molecule has 0 aliphatic carbocycles. The molecular weight excluding hydrogens is 371 g/mol. The Morgan fingerprint density at radius 1 is 0.963 bits per heavy atom. The van der Waals surface area contributed by atoms with E-state index in [1.54, 1.807) is 18.2 Å². The van der Waals surface area contributed by atoms with Gasteiger partial charge in [0, 0.05) is 11.1 Å². The van der Waals surface area contributed by atoms with Gasteiger partial charge in [0.1, 0.15) is 0 Å². The second-order valence-electron chi connectivity index (χ2n) is 6.72. The molecule has 2 aromatic rings. The zero-order valence-electron chi connectivity index (χ0n) is 15.8. The molecule has 0 aliphatic heterocycles. The fraction of sp³-hybridized carbons (Fsp3) is 0.476. The third-order valence-electron chi connectivity index (χ3n) is 4.48. The zero-order chi connectivity index (χ0) is 19.2. The number of aromatic nitrogens is 1. The van der Waals surface area contributed by atoms with Crippen molar-refractivity contribution in [2.45, 2.75) is 64.7 Å². The first-order valence-corrected chi connectivity index (χ1v) is 9.16. The smallest absolute Gasteiger partial charge is 0.388 e. The molecule has 27 heavy (non-hydrogen) atoms. The molecule has 6 heteroatoms. The number of unbranched alkanes of at least 4 members (excludes halogenated alkanes) is 4. The molecule has 1 atom stereocenters. The van der Waals surface area contributed by atoms with Crippen LogP contribution in [0.15, 0.2) is 36.4 Å². The maximum atomic E-state index is 13.5. The van der Waals surface area contributed by atoms with Gasteiger partial charge in [-0.25, -0.2) is 4.98 Å². The second kappa shape index (κ2) is 10.7. The lowest BCUT2D eigenvalue weighted by molar-refractivity contribution is -0.142. The van der Waals surface area contributed by atoms with Gasteiger partial charge >= 0.3 is 6.18 Å². The van der Waals surface area contributed by atoms with Crippen LogP contribution in [0.3, 0.4) is 0 Å². The molecule has 0 spiro atoms. The number of rotatable bonds is 8. The molecule has 0 aliphatic rings. The predicted molar refractivity (Wildman–Crippen MR) is 108 cm³/mol. The maximum Gasteiger partial charge on any atom is 0.433 e. The van der Waals surface area contributed by atoms with Crippen molar-refractivity contribution in [3.8, 4) is 11.3 Å². The summed E-state index contributed by atoms with van der Waals surface area (Å²) in [6, 6.07) is 10.1. The molecule has 0 bridgehead atoms. The van der Waals surface area contributed by atoms with Crippen LogP contribution in [0, 0.1) is 6.92 Å². The highest BCUT2D eigenvalue weighted by Crippen LogP contribution is 2.36. The molecule has 0 amide bonds. The molecule has 1 heterocycles. The Balaban J connectivity index is 0.00000364. The Morgan fingerprint density at radius 3 is 2.19 bits per heavy atom. The molecule has 1 aromatic heterocycles. The van der Waals surface area contributed by atoms with Crippen LogP contribution < -0.4 is 0 Å². The summed E-state index contributed by atoms with van der Waals surface area (Å²) in [5.74, 6) is 0. The largest absolute Gasteiger partial charge is 0.433 e. The van der Waals surface area contributed by atoms with Crippen molar-refractivity contribution in [2.75, 3.05) is 0 Å². The zero-order valence-corrected chi connectivity index (χ0v) is 16.8. The van der Waals surface area contributed by atoms with Crippen molar-refractivity contribution in [1.82, 2.24) is 4.98 Å². The number of benzene rings is 1. The summed E-state index contributed by atoms with van der Waals surface area (Å²) in [7, 11) is 0. The van der Waals surface area contributed by atoms with Crippen LogP contribution >= 0.6 is 13.5 Å². The van der Waals surface area contributed by atoms with E-state index in [1.807, 2.05) is 19.1 Å². The number of alkyl halides is 3. The summed E-state index contributed by atoms with van der Waals surface area (Å²) < 4.78 is 40.5. The van der Waals surface area contributed by atoms with Crippen LogP contribution in [0.4, 0.5) is 13.2 Å². The number of aryl methyl sites for hydroxylation is 1. The van der Waals surface area contributed by atoms with E-state index in [1.165, 1.54) is 6.07 Å². The average Bonchev–Trinajstić information content (AvgIpc) is 2.61. The average molecular weight is 400 g/mol.